The van der Waals surface area contributed by atoms with Gasteiger partial charge in [0.25, 0.3) is 0 Å². The quantitative estimate of drug-likeness (QED) is 0.507. The molecule has 0 aromatic heterocycles. The maximum atomic E-state index is 11.6. The molecule has 0 radical (unpaired) electrons. The summed E-state index contributed by atoms with van der Waals surface area (Å²) in [4.78, 5) is 11.6. The zero-order valence-corrected chi connectivity index (χ0v) is 14.6. The van der Waals surface area contributed by atoms with E-state index >= 15 is 0 Å². The van der Waals surface area contributed by atoms with Gasteiger partial charge in [0.15, 0.2) is 11.5 Å². The summed E-state index contributed by atoms with van der Waals surface area (Å²) in [6.07, 6.45) is 6.51. The topological polar surface area (TPSA) is 80.0 Å². The Bertz CT molecular complexity index is 706. The van der Waals surface area contributed by atoms with Crippen molar-refractivity contribution >= 4 is 11.7 Å². The van der Waals surface area contributed by atoms with Crippen molar-refractivity contribution in [1.82, 2.24) is 0 Å². The lowest BCUT2D eigenvalue weighted by Gasteiger charge is -2.25. The van der Waals surface area contributed by atoms with E-state index in [1.165, 1.54) is 14.0 Å². The lowest BCUT2D eigenvalue weighted by Crippen LogP contribution is -2.13. The number of nitrogens with two attached hydrogens (primary N) is 1. The molecule has 0 aliphatic heterocycles. The zero-order chi connectivity index (χ0) is 17.9. The molecule has 0 heterocycles. The van der Waals surface area contributed by atoms with Crippen molar-refractivity contribution in [2.45, 2.75) is 26.2 Å². The number of allylic oxidation sites excluding steroid dienone is 3. The number of methoxy groups -OCH3 is 3. The molecule has 1 aliphatic rings. The molecule has 0 saturated carbocycles. The van der Waals surface area contributed by atoms with Gasteiger partial charge in [0.1, 0.15) is 11.5 Å². The Morgan fingerprint density at radius 2 is 1.79 bits per heavy atom. The van der Waals surface area contributed by atoms with Crippen LogP contribution >= 0.6 is 0 Å². The molecule has 0 saturated heterocycles. The van der Waals surface area contributed by atoms with Crippen molar-refractivity contribution in [2.75, 3.05) is 27.1 Å². The van der Waals surface area contributed by atoms with E-state index < -0.39 is 5.97 Å². The molecule has 0 fully saturated rings. The number of carbonyl (C=O) groups excluding carboxylic acids is 1. The van der Waals surface area contributed by atoms with Crippen molar-refractivity contribution in [3.05, 3.63) is 35.1 Å². The van der Waals surface area contributed by atoms with Gasteiger partial charge in [-0.05, 0) is 25.5 Å². The van der Waals surface area contributed by atoms with Gasteiger partial charge in [0, 0.05) is 24.0 Å². The van der Waals surface area contributed by atoms with E-state index in [1.807, 2.05) is 25.2 Å². The predicted molar refractivity (Wildman–Crippen MR) is 91.6 cm³/mol. The highest BCUT2D eigenvalue weighted by atomic mass is 16.6. The van der Waals surface area contributed by atoms with Gasteiger partial charge in [-0.15, -0.1) is 0 Å². The van der Waals surface area contributed by atoms with Crippen LogP contribution in [0, 0.1) is 6.92 Å². The van der Waals surface area contributed by atoms with Crippen molar-refractivity contribution in [3.63, 3.8) is 0 Å². The molecular weight excluding hydrogens is 310 g/mol. The number of benzene rings is 1. The van der Waals surface area contributed by atoms with E-state index in [2.05, 4.69) is 0 Å². The smallest absolute Gasteiger partial charge is 0.308 e. The SMILES string of the molecule is COC1=CC(c2c(N)c(OC)c(C)c(OC)c2OC(C)=O)CC=C1. The van der Waals surface area contributed by atoms with Crippen LogP contribution in [0.2, 0.25) is 0 Å². The summed E-state index contributed by atoms with van der Waals surface area (Å²) in [7, 11) is 4.67. The molecule has 24 heavy (non-hydrogen) atoms. The lowest BCUT2D eigenvalue weighted by molar-refractivity contribution is -0.132. The Kier molecular flexibility index (Phi) is 5.39. The fourth-order valence-corrected chi connectivity index (χ4v) is 2.95. The van der Waals surface area contributed by atoms with E-state index in [9.17, 15) is 4.79 Å². The van der Waals surface area contributed by atoms with Crippen molar-refractivity contribution in [1.29, 1.82) is 0 Å². The van der Waals surface area contributed by atoms with Gasteiger partial charge >= 0.3 is 5.97 Å². The minimum Gasteiger partial charge on any atom is -0.497 e. The van der Waals surface area contributed by atoms with Gasteiger partial charge in [-0.1, -0.05) is 6.08 Å². The average molecular weight is 333 g/mol. The maximum absolute atomic E-state index is 11.6. The van der Waals surface area contributed by atoms with E-state index in [4.69, 9.17) is 24.7 Å². The summed E-state index contributed by atoms with van der Waals surface area (Å²) in [5, 5.41) is 0. The number of hydrogen-bond donors (Lipinski definition) is 1. The number of nitrogen functional groups attached to an aromatic ring is 1. The Morgan fingerprint density at radius 1 is 1.12 bits per heavy atom. The number of anilines is 1. The van der Waals surface area contributed by atoms with Crippen molar-refractivity contribution < 1.29 is 23.7 Å². The normalized spacial score (nSPS) is 16.4. The summed E-state index contributed by atoms with van der Waals surface area (Å²) < 4.78 is 21.7. The zero-order valence-electron chi connectivity index (χ0n) is 14.6. The number of hydrogen-bond acceptors (Lipinski definition) is 6. The second kappa shape index (κ2) is 7.29. The van der Waals surface area contributed by atoms with Crippen LogP contribution in [0.3, 0.4) is 0 Å². The number of esters is 1. The predicted octanol–water partition coefficient (Wildman–Crippen LogP) is 3.09. The largest absolute Gasteiger partial charge is 0.497 e. The molecule has 0 amide bonds. The first-order chi connectivity index (χ1) is 11.4. The van der Waals surface area contributed by atoms with Gasteiger partial charge < -0.3 is 24.7 Å². The second-order valence-corrected chi connectivity index (χ2v) is 5.46. The minimum absolute atomic E-state index is 0.123. The number of ether oxygens (including phenoxy) is 4. The molecule has 1 aromatic carbocycles. The molecule has 0 bridgehead atoms. The molecule has 2 N–H and O–H groups in total. The first-order valence-corrected chi connectivity index (χ1v) is 7.59. The molecule has 1 unspecified atom stereocenters. The molecule has 2 rings (SSSR count). The molecule has 130 valence electrons. The maximum Gasteiger partial charge on any atom is 0.308 e. The van der Waals surface area contributed by atoms with Gasteiger partial charge in [-0.2, -0.15) is 0 Å². The molecule has 1 aliphatic carbocycles. The van der Waals surface area contributed by atoms with Crippen LogP contribution in [0.25, 0.3) is 0 Å². The van der Waals surface area contributed by atoms with Gasteiger partial charge in [-0.25, -0.2) is 0 Å². The van der Waals surface area contributed by atoms with Crippen LogP contribution in [0.4, 0.5) is 5.69 Å². The second-order valence-electron chi connectivity index (χ2n) is 5.46. The molecule has 1 atom stereocenters. The molecule has 0 spiro atoms. The summed E-state index contributed by atoms with van der Waals surface area (Å²) in [5.41, 5.74) is 8.11. The summed E-state index contributed by atoms with van der Waals surface area (Å²) in [6.45, 7) is 3.15. The Balaban J connectivity index is 2.74. The third-order valence-corrected chi connectivity index (χ3v) is 3.96. The third-order valence-electron chi connectivity index (χ3n) is 3.96. The fraction of sp³-hybridized carbons (Fsp3) is 0.389. The monoisotopic (exact) mass is 333 g/mol. The lowest BCUT2D eigenvalue weighted by atomic mass is 9.88. The van der Waals surface area contributed by atoms with E-state index in [0.717, 1.165) is 5.76 Å². The van der Waals surface area contributed by atoms with E-state index in [-0.39, 0.29) is 5.92 Å². The molecule has 6 heteroatoms. The fourth-order valence-electron chi connectivity index (χ4n) is 2.95. The number of carbonyl (C=O) groups is 1. The highest BCUT2D eigenvalue weighted by molar-refractivity contribution is 5.79. The molecular formula is C18H23NO5. The molecule has 1 aromatic rings. The van der Waals surface area contributed by atoms with Crippen LogP contribution < -0.4 is 19.9 Å². The summed E-state index contributed by atoms with van der Waals surface area (Å²) in [5.74, 6) is 1.43. The van der Waals surface area contributed by atoms with Crippen LogP contribution in [-0.4, -0.2) is 27.3 Å². The van der Waals surface area contributed by atoms with Crippen LogP contribution in [0.5, 0.6) is 17.2 Å². The number of rotatable bonds is 5. The van der Waals surface area contributed by atoms with Crippen molar-refractivity contribution in [3.8, 4) is 17.2 Å². The molecule has 6 nitrogen and oxygen atoms in total. The third kappa shape index (κ3) is 3.18. The van der Waals surface area contributed by atoms with Crippen molar-refractivity contribution in [2.24, 2.45) is 0 Å². The first-order valence-electron chi connectivity index (χ1n) is 7.59. The highest BCUT2D eigenvalue weighted by Gasteiger charge is 2.29. The van der Waals surface area contributed by atoms with Crippen LogP contribution in [-0.2, 0) is 9.53 Å². The highest BCUT2D eigenvalue weighted by Crippen LogP contribution is 2.50. The Hall–Kier alpha value is -2.63. The van der Waals surface area contributed by atoms with Gasteiger partial charge in [-0.3, -0.25) is 4.79 Å². The Morgan fingerprint density at radius 3 is 2.33 bits per heavy atom. The van der Waals surface area contributed by atoms with E-state index in [0.29, 0.717) is 40.5 Å². The van der Waals surface area contributed by atoms with E-state index in [1.54, 1.807) is 14.2 Å². The standard InChI is InChI=1S/C18H23NO5/c1-10-16(22-4)15(19)14(12-7-6-8-13(9-12)21-3)18(17(10)23-5)24-11(2)20/h6,8-9,12H,7,19H2,1-5H3. The first kappa shape index (κ1) is 17.7. The van der Waals surface area contributed by atoms with Crippen LogP contribution in [0.1, 0.15) is 30.4 Å². The minimum atomic E-state index is -0.444. The van der Waals surface area contributed by atoms with Gasteiger partial charge in [0.2, 0.25) is 0 Å². The summed E-state index contributed by atoms with van der Waals surface area (Å²) in [6, 6.07) is 0. The van der Waals surface area contributed by atoms with Crippen LogP contribution in [0.15, 0.2) is 24.0 Å². The average Bonchev–Trinajstić information content (AvgIpc) is 2.55. The Labute approximate surface area is 141 Å². The summed E-state index contributed by atoms with van der Waals surface area (Å²) >= 11 is 0. The van der Waals surface area contributed by atoms with Gasteiger partial charge in [0.05, 0.1) is 27.0 Å².